The Kier molecular flexibility index (Phi) is 8.48. The number of nitrogens with zero attached hydrogens (tertiary/aromatic N) is 2. The van der Waals surface area contributed by atoms with E-state index < -0.39 is 13.9 Å². The maximum Gasteiger partial charge on any atom is 0.410 e. The number of amides is 1. The molecule has 0 unspecified atom stereocenters. The first-order chi connectivity index (χ1) is 12.3. The van der Waals surface area contributed by atoms with Crippen LogP contribution in [-0.2, 0) is 15.7 Å². The van der Waals surface area contributed by atoms with Crippen molar-refractivity contribution in [2.45, 2.75) is 84.7 Å². The highest BCUT2D eigenvalue weighted by molar-refractivity contribution is 6.74. The van der Waals surface area contributed by atoms with Gasteiger partial charge in [0.2, 0.25) is 0 Å². The zero-order valence-electron chi connectivity index (χ0n) is 18.5. The van der Waals surface area contributed by atoms with Gasteiger partial charge in [-0.15, -0.1) is 0 Å². The van der Waals surface area contributed by atoms with Crippen LogP contribution in [0.25, 0.3) is 0 Å². The van der Waals surface area contributed by atoms with E-state index in [4.69, 9.17) is 9.16 Å². The molecule has 0 saturated heterocycles. The van der Waals surface area contributed by atoms with E-state index in [1.807, 2.05) is 39.0 Å². The van der Waals surface area contributed by atoms with Crippen molar-refractivity contribution >= 4 is 14.4 Å². The zero-order chi connectivity index (χ0) is 20.7. The lowest BCUT2D eigenvalue weighted by atomic mass is 10.2. The van der Waals surface area contributed by atoms with E-state index in [9.17, 15) is 4.79 Å². The molecule has 6 heteroatoms. The molecule has 0 fully saturated rings. The van der Waals surface area contributed by atoms with Crippen LogP contribution >= 0.6 is 0 Å². The number of ether oxygens (including phenoxy) is 1. The Morgan fingerprint density at radius 2 is 1.78 bits per heavy atom. The summed E-state index contributed by atoms with van der Waals surface area (Å²) in [7, 11) is -1.71. The van der Waals surface area contributed by atoms with Crippen LogP contribution in [0.1, 0.15) is 60.1 Å². The third-order valence-corrected chi connectivity index (χ3v) is 9.36. The van der Waals surface area contributed by atoms with Crippen molar-refractivity contribution in [3.63, 3.8) is 0 Å². The van der Waals surface area contributed by atoms with Crippen LogP contribution in [0.3, 0.4) is 0 Å². The lowest BCUT2D eigenvalue weighted by Crippen LogP contribution is -2.41. The molecular formula is C21H38N2O3Si. The Balaban J connectivity index is 2.58. The molecule has 0 aromatic carbocycles. The molecule has 154 valence electrons. The van der Waals surface area contributed by atoms with Gasteiger partial charge >= 0.3 is 6.09 Å². The lowest BCUT2D eigenvalue weighted by molar-refractivity contribution is 0.0226. The summed E-state index contributed by atoms with van der Waals surface area (Å²) >= 11 is 0. The van der Waals surface area contributed by atoms with Crippen molar-refractivity contribution < 1.29 is 14.0 Å². The molecule has 0 saturated carbocycles. The average Bonchev–Trinajstić information content (AvgIpc) is 2.51. The smallest absolute Gasteiger partial charge is 0.410 e. The summed E-state index contributed by atoms with van der Waals surface area (Å²) in [6.45, 7) is 18.8. The molecular weight excluding hydrogens is 356 g/mol. The number of hydrogen-bond donors (Lipinski definition) is 0. The summed E-state index contributed by atoms with van der Waals surface area (Å²) in [6.07, 6.45) is 3.25. The fourth-order valence-electron chi connectivity index (χ4n) is 2.20. The van der Waals surface area contributed by atoms with E-state index >= 15 is 0 Å². The van der Waals surface area contributed by atoms with Crippen LogP contribution in [-0.4, -0.2) is 43.0 Å². The number of hydrogen-bond acceptors (Lipinski definition) is 4. The van der Waals surface area contributed by atoms with Crippen LogP contribution in [0.2, 0.25) is 18.1 Å². The third kappa shape index (κ3) is 8.89. The lowest BCUT2D eigenvalue weighted by Gasteiger charge is -2.36. The second-order valence-corrected chi connectivity index (χ2v) is 14.3. The van der Waals surface area contributed by atoms with Crippen molar-refractivity contribution in [1.29, 1.82) is 0 Å². The Hall–Kier alpha value is -1.40. The van der Waals surface area contributed by atoms with Gasteiger partial charge in [0.25, 0.3) is 0 Å². The Morgan fingerprint density at radius 3 is 2.30 bits per heavy atom. The third-order valence-electron chi connectivity index (χ3n) is 4.82. The van der Waals surface area contributed by atoms with Gasteiger partial charge in [0, 0.05) is 19.3 Å². The number of carbonyl (C=O) groups is 1. The summed E-state index contributed by atoms with van der Waals surface area (Å²) in [5.41, 5.74) is 0.353. The van der Waals surface area contributed by atoms with Crippen molar-refractivity contribution in [1.82, 2.24) is 9.88 Å². The van der Waals surface area contributed by atoms with Gasteiger partial charge in [-0.1, -0.05) is 26.8 Å². The average molecular weight is 395 g/mol. The molecule has 1 rings (SSSR count). The Labute approximate surface area is 166 Å². The first kappa shape index (κ1) is 23.6. The van der Waals surface area contributed by atoms with E-state index in [-0.39, 0.29) is 11.1 Å². The molecule has 0 bridgehead atoms. The predicted octanol–water partition coefficient (Wildman–Crippen LogP) is 5.62. The number of unbranched alkanes of at least 4 members (excludes halogenated alkanes) is 1. The maximum absolute atomic E-state index is 12.6. The van der Waals surface area contributed by atoms with Crippen LogP contribution in [0.5, 0.6) is 0 Å². The summed E-state index contributed by atoms with van der Waals surface area (Å²) in [6, 6.07) is 5.74. The largest absolute Gasteiger partial charge is 0.444 e. The summed E-state index contributed by atoms with van der Waals surface area (Å²) in [5, 5.41) is 0.217. The van der Waals surface area contributed by atoms with Crippen LogP contribution in [0.4, 0.5) is 4.79 Å². The highest BCUT2D eigenvalue weighted by Gasteiger charge is 2.36. The van der Waals surface area contributed by atoms with Gasteiger partial charge in [-0.2, -0.15) is 0 Å². The SMILES string of the molecule is CC(C)(C)OC(=O)N(CCCCO[Si](C)(C)C(C)(C)C)Cc1ccccn1. The predicted molar refractivity (Wildman–Crippen MR) is 113 cm³/mol. The number of carbonyl (C=O) groups excluding carboxylic acids is 1. The Morgan fingerprint density at radius 1 is 1.11 bits per heavy atom. The molecule has 0 N–H and O–H groups in total. The van der Waals surface area contributed by atoms with Gasteiger partial charge in [-0.05, 0) is 63.9 Å². The maximum atomic E-state index is 12.6. The van der Waals surface area contributed by atoms with Crippen LogP contribution in [0, 0.1) is 0 Å². The molecule has 27 heavy (non-hydrogen) atoms. The van der Waals surface area contributed by atoms with Gasteiger partial charge in [0.1, 0.15) is 5.60 Å². The second-order valence-electron chi connectivity index (χ2n) is 9.54. The molecule has 0 atom stereocenters. The fraction of sp³-hybridized carbons (Fsp3) is 0.714. The van der Waals surface area contributed by atoms with E-state index in [0.29, 0.717) is 13.1 Å². The zero-order valence-corrected chi connectivity index (χ0v) is 19.5. The molecule has 5 nitrogen and oxygen atoms in total. The fourth-order valence-corrected chi connectivity index (χ4v) is 3.28. The van der Waals surface area contributed by atoms with Gasteiger partial charge in [-0.3, -0.25) is 4.98 Å². The topological polar surface area (TPSA) is 51.7 Å². The van der Waals surface area contributed by atoms with Gasteiger partial charge in [0.15, 0.2) is 8.32 Å². The van der Waals surface area contributed by atoms with Gasteiger partial charge < -0.3 is 14.1 Å². The molecule has 0 spiro atoms. The summed E-state index contributed by atoms with van der Waals surface area (Å²) < 4.78 is 11.8. The minimum absolute atomic E-state index is 0.217. The van der Waals surface area contributed by atoms with E-state index in [1.54, 1.807) is 11.1 Å². The van der Waals surface area contributed by atoms with E-state index in [2.05, 4.69) is 38.8 Å². The van der Waals surface area contributed by atoms with Crippen LogP contribution < -0.4 is 0 Å². The van der Waals surface area contributed by atoms with Crippen molar-refractivity contribution in [3.05, 3.63) is 30.1 Å². The normalized spacial score (nSPS) is 12.7. The van der Waals surface area contributed by atoms with E-state index in [1.165, 1.54) is 0 Å². The molecule has 1 aromatic heterocycles. The van der Waals surface area contributed by atoms with Crippen LogP contribution in [0.15, 0.2) is 24.4 Å². The molecule has 0 aliphatic carbocycles. The minimum Gasteiger partial charge on any atom is -0.444 e. The quantitative estimate of drug-likeness (QED) is 0.424. The summed E-state index contributed by atoms with van der Waals surface area (Å²) in [5.74, 6) is 0. The highest BCUT2D eigenvalue weighted by atomic mass is 28.4. The van der Waals surface area contributed by atoms with E-state index in [0.717, 1.165) is 25.1 Å². The molecule has 1 aromatic rings. The molecule has 1 amide bonds. The van der Waals surface area contributed by atoms with Gasteiger partial charge in [-0.25, -0.2) is 4.79 Å². The Bertz CT molecular complexity index is 577. The molecule has 0 aliphatic rings. The van der Waals surface area contributed by atoms with Gasteiger partial charge in [0.05, 0.1) is 12.2 Å². The molecule has 0 radical (unpaired) electrons. The van der Waals surface area contributed by atoms with Crippen molar-refractivity contribution in [2.24, 2.45) is 0 Å². The first-order valence-electron chi connectivity index (χ1n) is 9.84. The standard InChI is InChI=1S/C21H38N2O3Si/c1-20(2,3)26-19(24)23(17-18-13-9-10-14-22-18)15-11-12-16-25-27(7,8)21(4,5)6/h9-10,13-14H,11-12,15-17H2,1-8H3. The monoisotopic (exact) mass is 394 g/mol. The number of pyridine rings is 1. The minimum atomic E-state index is -1.71. The van der Waals surface area contributed by atoms with Crippen molar-refractivity contribution in [2.75, 3.05) is 13.2 Å². The molecule has 0 aliphatic heterocycles. The number of aromatic nitrogens is 1. The number of rotatable bonds is 8. The molecule has 1 heterocycles. The summed E-state index contributed by atoms with van der Waals surface area (Å²) in [4.78, 5) is 18.6. The second kappa shape index (κ2) is 9.69. The van der Waals surface area contributed by atoms with Crippen molar-refractivity contribution in [3.8, 4) is 0 Å². The highest BCUT2D eigenvalue weighted by Crippen LogP contribution is 2.36. The first-order valence-corrected chi connectivity index (χ1v) is 12.7.